The Morgan fingerprint density at radius 2 is 1.59 bits per heavy atom. The zero-order valence-electron chi connectivity index (χ0n) is 16.3. The van der Waals surface area contributed by atoms with E-state index in [0.717, 1.165) is 12.4 Å². The van der Waals surface area contributed by atoms with E-state index in [-0.39, 0.29) is 16.0 Å². The van der Waals surface area contributed by atoms with Gasteiger partial charge in [-0.3, -0.25) is 0 Å². The van der Waals surface area contributed by atoms with Crippen LogP contribution in [0.5, 0.6) is 0 Å². The van der Waals surface area contributed by atoms with E-state index in [1.54, 1.807) is 0 Å². The van der Waals surface area contributed by atoms with Gasteiger partial charge in [0.25, 0.3) is 0 Å². The highest BCUT2D eigenvalue weighted by molar-refractivity contribution is 7.91. The van der Waals surface area contributed by atoms with Crippen molar-refractivity contribution in [3.63, 3.8) is 0 Å². The number of rotatable bonds is 6. The first-order valence-electron chi connectivity index (χ1n) is 8.52. The van der Waals surface area contributed by atoms with Crippen LogP contribution in [0.25, 0.3) is 0 Å². The summed E-state index contributed by atoms with van der Waals surface area (Å²) in [6.45, 7) is 11.6. The van der Waals surface area contributed by atoms with E-state index in [2.05, 4.69) is 19.9 Å². The summed E-state index contributed by atoms with van der Waals surface area (Å²) in [5.74, 6) is -0.486. The molecule has 2 rings (SSSR count). The number of hydrogen-bond acceptors (Lipinski definition) is 7. The number of nitrogens with zero attached hydrogens (tertiary/aromatic N) is 4. The molecule has 27 heavy (non-hydrogen) atoms. The lowest BCUT2D eigenvalue weighted by Crippen LogP contribution is -2.45. The highest BCUT2D eigenvalue weighted by Crippen LogP contribution is 2.41. The summed E-state index contributed by atoms with van der Waals surface area (Å²) < 4.78 is 45.7. The first kappa shape index (κ1) is 21.5. The average molecular weight is 413 g/mol. The van der Waals surface area contributed by atoms with E-state index in [1.165, 1.54) is 25.4 Å². The van der Waals surface area contributed by atoms with Crippen LogP contribution in [0.15, 0.2) is 36.0 Å². The maximum atomic E-state index is 13.3. The van der Waals surface area contributed by atoms with E-state index < -0.39 is 35.3 Å². The highest BCUT2D eigenvalue weighted by atomic mass is 32.2. The van der Waals surface area contributed by atoms with Crippen molar-refractivity contribution < 1.29 is 17.2 Å². The van der Waals surface area contributed by atoms with E-state index in [0.29, 0.717) is 0 Å². The molecule has 10 heteroatoms. The van der Waals surface area contributed by atoms with Gasteiger partial charge < -0.3 is 4.43 Å². The van der Waals surface area contributed by atoms with Crippen molar-refractivity contribution in [1.82, 2.24) is 19.9 Å². The second kappa shape index (κ2) is 7.68. The standard InChI is InChI=1S/C17H25FN4O3SSi/c1-12(26(23,24)16-19-8-7-9-20-16)14(15-21-10-13(18)11-22-15)25-27(5,6)17(2,3)4/h7-12,14H,1-6H3/t12-,14+/m1/s1. The molecule has 0 amide bonds. The quantitative estimate of drug-likeness (QED) is 0.530. The van der Waals surface area contributed by atoms with Crippen LogP contribution in [0.4, 0.5) is 4.39 Å². The molecule has 148 valence electrons. The zero-order valence-corrected chi connectivity index (χ0v) is 18.2. The first-order chi connectivity index (χ1) is 12.4. The number of hydrogen-bond donors (Lipinski definition) is 0. The topological polar surface area (TPSA) is 94.9 Å². The molecule has 0 aromatic carbocycles. The summed E-state index contributed by atoms with van der Waals surface area (Å²) in [6.07, 6.45) is 3.76. The molecule has 2 heterocycles. The van der Waals surface area contributed by atoms with Crippen LogP contribution in [0, 0.1) is 5.82 Å². The van der Waals surface area contributed by atoms with Crippen molar-refractivity contribution in [3.8, 4) is 0 Å². The third-order valence-corrected chi connectivity index (χ3v) is 11.2. The first-order valence-corrected chi connectivity index (χ1v) is 13.0. The lowest BCUT2D eigenvalue weighted by atomic mass is 10.2. The fourth-order valence-corrected chi connectivity index (χ4v) is 4.73. The summed E-state index contributed by atoms with van der Waals surface area (Å²) in [4.78, 5) is 15.7. The molecule has 0 N–H and O–H groups in total. The van der Waals surface area contributed by atoms with Crippen molar-refractivity contribution in [1.29, 1.82) is 0 Å². The van der Waals surface area contributed by atoms with Crippen molar-refractivity contribution >= 4 is 18.2 Å². The summed E-state index contributed by atoms with van der Waals surface area (Å²) >= 11 is 0. The van der Waals surface area contributed by atoms with Gasteiger partial charge in [-0.1, -0.05) is 20.8 Å². The van der Waals surface area contributed by atoms with E-state index in [9.17, 15) is 12.8 Å². The van der Waals surface area contributed by atoms with Crippen LogP contribution in [0.2, 0.25) is 18.1 Å². The van der Waals surface area contributed by atoms with Gasteiger partial charge in [0, 0.05) is 12.4 Å². The molecule has 2 aromatic heterocycles. The van der Waals surface area contributed by atoms with Gasteiger partial charge >= 0.3 is 0 Å². The molecular formula is C17H25FN4O3SSi. The fourth-order valence-electron chi connectivity index (χ4n) is 2.08. The van der Waals surface area contributed by atoms with E-state index in [4.69, 9.17) is 4.43 Å². The molecule has 0 bridgehead atoms. The Morgan fingerprint density at radius 3 is 2.07 bits per heavy atom. The Bertz CT molecular complexity index is 871. The molecule has 2 aromatic rings. The Balaban J connectivity index is 2.50. The van der Waals surface area contributed by atoms with Gasteiger partial charge in [0.1, 0.15) is 6.10 Å². The molecule has 0 unspecified atom stereocenters. The minimum Gasteiger partial charge on any atom is -0.405 e. The normalized spacial score (nSPS) is 15.4. The molecule has 2 atom stereocenters. The smallest absolute Gasteiger partial charge is 0.247 e. The third kappa shape index (κ3) is 4.74. The molecule has 0 radical (unpaired) electrons. The SMILES string of the molecule is C[C@H]([C@H](O[Si](C)(C)C(C)(C)C)c1ncc(F)cn1)S(=O)(=O)c1ncccn1. The predicted octanol–water partition coefficient (Wildman–Crippen LogP) is 3.33. The van der Waals surface area contributed by atoms with Crippen molar-refractivity contribution in [2.45, 2.75) is 62.3 Å². The highest BCUT2D eigenvalue weighted by Gasteiger charge is 2.44. The Hall–Kier alpha value is -1.78. The third-order valence-electron chi connectivity index (χ3n) is 4.83. The molecule has 0 fully saturated rings. The predicted molar refractivity (Wildman–Crippen MR) is 102 cm³/mol. The van der Waals surface area contributed by atoms with Gasteiger partial charge in [-0.25, -0.2) is 32.7 Å². The largest absolute Gasteiger partial charge is 0.405 e. The number of halogens is 1. The van der Waals surface area contributed by atoms with Crippen LogP contribution in [-0.4, -0.2) is 41.9 Å². The van der Waals surface area contributed by atoms with E-state index in [1.807, 2.05) is 33.9 Å². The number of sulfone groups is 1. The second-order valence-electron chi connectivity index (χ2n) is 7.84. The average Bonchev–Trinajstić information content (AvgIpc) is 2.59. The van der Waals surface area contributed by atoms with Crippen molar-refractivity contribution in [3.05, 3.63) is 42.5 Å². The lowest BCUT2D eigenvalue weighted by molar-refractivity contribution is 0.171. The summed E-state index contributed by atoms with van der Waals surface area (Å²) in [5.41, 5.74) is 0. The maximum absolute atomic E-state index is 13.3. The summed E-state index contributed by atoms with van der Waals surface area (Å²) in [6, 6.07) is 1.54. The molecular weight excluding hydrogens is 387 g/mol. The van der Waals surface area contributed by atoms with Gasteiger partial charge in [0.2, 0.25) is 15.0 Å². The van der Waals surface area contributed by atoms with E-state index >= 15 is 0 Å². The van der Waals surface area contributed by atoms with Crippen LogP contribution in [0.1, 0.15) is 39.6 Å². The van der Waals surface area contributed by atoms with Crippen LogP contribution in [-0.2, 0) is 14.3 Å². The zero-order chi connectivity index (χ0) is 20.5. The fraction of sp³-hybridized carbons (Fsp3) is 0.529. The van der Waals surface area contributed by atoms with Crippen LogP contribution < -0.4 is 0 Å². The molecule has 0 aliphatic heterocycles. The minimum atomic E-state index is -3.91. The van der Waals surface area contributed by atoms with Gasteiger partial charge in [-0.2, -0.15) is 0 Å². The Kier molecular flexibility index (Phi) is 6.12. The van der Waals surface area contributed by atoms with Gasteiger partial charge in [-0.15, -0.1) is 0 Å². The maximum Gasteiger partial charge on any atom is 0.247 e. The van der Waals surface area contributed by atoms with Crippen molar-refractivity contribution in [2.24, 2.45) is 0 Å². The second-order valence-corrected chi connectivity index (χ2v) is 14.8. The van der Waals surface area contributed by atoms with Gasteiger partial charge in [0.05, 0.1) is 17.6 Å². The summed E-state index contributed by atoms with van der Waals surface area (Å²) in [7, 11) is -6.30. The minimum absolute atomic E-state index is 0.119. The number of aromatic nitrogens is 4. The molecule has 0 aliphatic rings. The molecule has 7 nitrogen and oxygen atoms in total. The van der Waals surface area contributed by atoms with Gasteiger partial charge in [-0.05, 0) is 31.1 Å². The molecule has 0 spiro atoms. The molecule has 0 saturated heterocycles. The van der Waals surface area contributed by atoms with Crippen LogP contribution in [0.3, 0.4) is 0 Å². The Morgan fingerprint density at radius 1 is 1.07 bits per heavy atom. The van der Waals surface area contributed by atoms with Crippen LogP contribution >= 0.6 is 0 Å². The van der Waals surface area contributed by atoms with Gasteiger partial charge in [0.15, 0.2) is 20.0 Å². The monoisotopic (exact) mass is 412 g/mol. The van der Waals surface area contributed by atoms with Crippen molar-refractivity contribution in [2.75, 3.05) is 0 Å². The molecule has 0 aliphatic carbocycles. The lowest BCUT2D eigenvalue weighted by Gasteiger charge is -2.40. The Labute approximate surface area is 160 Å². The molecule has 0 saturated carbocycles. The summed E-state index contributed by atoms with van der Waals surface area (Å²) in [5, 5.41) is -1.51.